The van der Waals surface area contributed by atoms with Crippen LogP contribution in [0.25, 0.3) is 0 Å². The van der Waals surface area contributed by atoms with Gasteiger partial charge in [0, 0.05) is 0 Å². The molecule has 2 saturated carbocycles. The lowest BCUT2D eigenvalue weighted by atomic mass is 9.69. The van der Waals surface area contributed by atoms with Crippen molar-refractivity contribution in [1.82, 2.24) is 0 Å². The predicted molar refractivity (Wildman–Crippen MR) is 138 cm³/mol. The minimum atomic E-state index is -1.62. The Morgan fingerprint density at radius 1 is 0.763 bits per heavy atom. The molecular formula is C30H38O8. The second-order valence-corrected chi connectivity index (χ2v) is 10.5. The maximum absolute atomic E-state index is 13.6. The first-order valence-corrected chi connectivity index (χ1v) is 13.6. The maximum Gasteiger partial charge on any atom is 0.327 e. The second kappa shape index (κ2) is 10.5. The molecule has 0 bridgehead atoms. The van der Waals surface area contributed by atoms with Crippen molar-refractivity contribution in [2.45, 2.75) is 66.2 Å². The van der Waals surface area contributed by atoms with E-state index in [9.17, 15) is 19.2 Å². The second-order valence-electron chi connectivity index (χ2n) is 10.5. The minimum Gasteiger partial charge on any atom is -0.465 e. The first kappa shape index (κ1) is 27.9. The van der Waals surface area contributed by atoms with Crippen molar-refractivity contribution in [2.24, 2.45) is 22.2 Å². The van der Waals surface area contributed by atoms with Crippen molar-refractivity contribution in [2.75, 3.05) is 26.4 Å². The molecular weight excluding hydrogens is 488 g/mol. The Hall–Kier alpha value is -3.16. The SMILES string of the molecule is CCOC(=O)C1(C(=O)OCC)C[C@H]2[C@H](c3ccccc3)CC3=C(C)C(C(=O)OCC)(C(=O)OCC)C[C@@]32C1. The molecule has 3 aliphatic carbocycles. The summed E-state index contributed by atoms with van der Waals surface area (Å²) in [7, 11) is 0. The summed E-state index contributed by atoms with van der Waals surface area (Å²) in [5.41, 5.74) is -1.29. The van der Waals surface area contributed by atoms with Gasteiger partial charge in [-0.25, -0.2) is 0 Å². The first-order chi connectivity index (χ1) is 18.2. The smallest absolute Gasteiger partial charge is 0.327 e. The number of hydrogen-bond donors (Lipinski definition) is 0. The molecule has 0 aromatic heterocycles. The summed E-state index contributed by atoms with van der Waals surface area (Å²) in [4.78, 5) is 54.2. The summed E-state index contributed by atoms with van der Waals surface area (Å²) in [6.45, 7) is 9.07. The van der Waals surface area contributed by atoms with Crippen molar-refractivity contribution in [3.05, 3.63) is 47.0 Å². The molecule has 0 radical (unpaired) electrons. The predicted octanol–water partition coefficient (Wildman–Crippen LogP) is 4.52. The van der Waals surface area contributed by atoms with Gasteiger partial charge in [0.2, 0.25) is 0 Å². The molecule has 0 amide bonds. The van der Waals surface area contributed by atoms with E-state index >= 15 is 0 Å². The zero-order valence-electron chi connectivity index (χ0n) is 23.0. The molecule has 1 aromatic rings. The number of carbonyl (C=O) groups is 4. The van der Waals surface area contributed by atoms with Crippen molar-refractivity contribution >= 4 is 23.9 Å². The van der Waals surface area contributed by atoms with Crippen LogP contribution in [-0.4, -0.2) is 50.3 Å². The number of rotatable bonds is 9. The fourth-order valence-electron chi connectivity index (χ4n) is 7.45. The average Bonchev–Trinajstić information content (AvgIpc) is 3.47. The largest absolute Gasteiger partial charge is 0.465 e. The molecule has 3 aliphatic rings. The van der Waals surface area contributed by atoms with Gasteiger partial charge in [0.25, 0.3) is 0 Å². The maximum atomic E-state index is 13.6. The van der Waals surface area contributed by atoms with Gasteiger partial charge in [-0.1, -0.05) is 35.9 Å². The molecule has 0 saturated heterocycles. The topological polar surface area (TPSA) is 105 Å². The van der Waals surface area contributed by atoms with E-state index in [4.69, 9.17) is 18.9 Å². The number of carbonyl (C=O) groups excluding carboxylic acids is 4. The van der Waals surface area contributed by atoms with E-state index in [1.165, 1.54) is 0 Å². The Kier molecular flexibility index (Phi) is 7.73. The molecule has 2 fully saturated rings. The third-order valence-electron chi connectivity index (χ3n) is 8.89. The van der Waals surface area contributed by atoms with Crippen molar-refractivity contribution in [3.63, 3.8) is 0 Å². The van der Waals surface area contributed by atoms with Gasteiger partial charge in [0.1, 0.15) is 0 Å². The molecule has 3 atom stereocenters. The molecule has 0 unspecified atom stereocenters. The summed E-state index contributed by atoms with van der Waals surface area (Å²) in [6, 6.07) is 9.99. The van der Waals surface area contributed by atoms with Crippen molar-refractivity contribution in [3.8, 4) is 0 Å². The molecule has 8 heteroatoms. The van der Waals surface area contributed by atoms with E-state index in [0.29, 0.717) is 12.0 Å². The van der Waals surface area contributed by atoms with Gasteiger partial charge in [0.05, 0.1) is 26.4 Å². The summed E-state index contributed by atoms with van der Waals surface area (Å²) >= 11 is 0. The molecule has 8 nitrogen and oxygen atoms in total. The molecule has 0 heterocycles. The highest BCUT2D eigenvalue weighted by atomic mass is 16.6. The highest BCUT2D eigenvalue weighted by molar-refractivity contribution is 6.05. The van der Waals surface area contributed by atoms with Gasteiger partial charge >= 0.3 is 23.9 Å². The molecule has 0 N–H and O–H groups in total. The lowest BCUT2D eigenvalue weighted by Crippen LogP contribution is -2.44. The van der Waals surface area contributed by atoms with E-state index < -0.39 is 40.1 Å². The Bertz CT molecular complexity index is 1100. The van der Waals surface area contributed by atoms with Crippen LogP contribution in [0.15, 0.2) is 41.5 Å². The Balaban J connectivity index is 1.93. The third kappa shape index (κ3) is 3.95. The van der Waals surface area contributed by atoms with Crippen LogP contribution in [0.3, 0.4) is 0 Å². The van der Waals surface area contributed by atoms with Crippen LogP contribution in [-0.2, 0) is 38.1 Å². The first-order valence-electron chi connectivity index (χ1n) is 13.6. The van der Waals surface area contributed by atoms with Gasteiger partial charge in [-0.05, 0) is 88.7 Å². The molecule has 38 heavy (non-hydrogen) atoms. The van der Waals surface area contributed by atoms with Crippen LogP contribution in [0.2, 0.25) is 0 Å². The van der Waals surface area contributed by atoms with Crippen LogP contribution in [0.1, 0.15) is 71.8 Å². The van der Waals surface area contributed by atoms with Gasteiger partial charge < -0.3 is 18.9 Å². The van der Waals surface area contributed by atoms with E-state index in [-0.39, 0.29) is 57.5 Å². The monoisotopic (exact) mass is 526 g/mol. The zero-order valence-corrected chi connectivity index (χ0v) is 23.0. The Labute approximate surface area is 224 Å². The Morgan fingerprint density at radius 2 is 1.26 bits per heavy atom. The third-order valence-corrected chi connectivity index (χ3v) is 8.89. The van der Waals surface area contributed by atoms with Crippen LogP contribution in [0.4, 0.5) is 0 Å². The number of allylic oxidation sites excluding steroid dienone is 1. The molecule has 0 aliphatic heterocycles. The van der Waals surface area contributed by atoms with Gasteiger partial charge in [0.15, 0.2) is 10.8 Å². The molecule has 1 aromatic carbocycles. The van der Waals surface area contributed by atoms with Crippen LogP contribution < -0.4 is 0 Å². The molecule has 206 valence electrons. The molecule has 1 spiro atoms. The lowest BCUT2D eigenvalue weighted by Gasteiger charge is -2.34. The highest BCUT2D eigenvalue weighted by Crippen LogP contribution is 2.75. The number of esters is 4. The lowest BCUT2D eigenvalue weighted by molar-refractivity contribution is -0.172. The number of benzene rings is 1. The van der Waals surface area contributed by atoms with E-state index in [2.05, 4.69) is 0 Å². The summed E-state index contributed by atoms with van der Waals surface area (Å²) in [5.74, 6) is -2.73. The molecule has 4 rings (SSSR count). The number of ether oxygens (including phenoxy) is 4. The van der Waals surface area contributed by atoms with Crippen LogP contribution >= 0.6 is 0 Å². The van der Waals surface area contributed by atoms with Crippen LogP contribution in [0.5, 0.6) is 0 Å². The number of hydrogen-bond acceptors (Lipinski definition) is 8. The van der Waals surface area contributed by atoms with Crippen LogP contribution in [0, 0.1) is 22.2 Å². The quantitative estimate of drug-likeness (QED) is 0.200. The zero-order chi connectivity index (χ0) is 27.7. The summed E-state index contributed by atoms with van der Waals surface area (Å²) in [6.07, 6.45) is 1.03. The normalized spacial score (nSPS) is 26.3. The minimum absolute atomic E-state index is 0.00531. The highest BCUT2D eigenvalue weighted by Gasteiger charge is 2.74. The standard InChI is InChI=1S/C30H38O8/c1-6-35-24(31)28(25(32)36-7-2)16-23-21(20-13-11-10-12-14-20)15-22-19(5)30(26(33)37-8-3,27(34)38-9-4)18-29(22,23)17-28/h10-14,21,23H,6-9,15-18H2,1-5H3/t21-,23-,29-/m0/s1. The fourth-order valence-corrected chi connectivity index (χ4v) is 7.45. The fraction of sp³-hybridized carbons (Fsp3) is 0.600. The van der Waals surface area contributed by atoms with Gasteiger partial charge in [-0.2, -0.15) is 0 Å². The van der Waals surface area contributed by atoms with Gasteiger partial charge in [-0.3, -0.25) is 19.2 Å². The van der Waals surface area contributed by atoms with E-state index in [1.807, 2.05) is 30.3 Å². The van der Waals surface area contributed by atoms with Gasteiger partial charge in [-0.15, -0.1) is 0 Å². The van der Waals surface area contributed by atoms with E-state index in [0.717, 1.165) is 11.1 Å². The Morgan fingerprint density at radius 3 is 1.76 bits per heavy atom. The summed E-state index contributed by atoms with van der Waals surface area (Å²) in [5, 5.41) is 0. The van der Waals surface area contributed by atoms with Crippen molar-refractivity contribution in [1.29, 1.82) is 0 Å². The van der Waals surface area contributed by atoms with E-state index in [1.54, 1.807) is 34.6 Å². The average molecular weight is 527 g/mol. The van der Waals surface area contributed by atoms with Crippen molar-refractivity contribution < 1.29 is 38.1 Å². The summed E-state index contributed by atoms with van der Waals surface area (Å²) < 4.78 is 21.8.